The first-order valence-corrected chi connectivity index (χ1v) is 5.97. The molecule has 0 saturated heterocycles. The van der Waals surface area contributed by atoms with Crippen LogP contribution in [-0.2, 0) is 0 Å². The van der Waals surface area contributed by atoms with E-state index >= 15 is 0 Å². The van der Waals surface area contributed by atoms with E-state index in [1.54, 1.807) is 12.3 Å². The topological polar surface area (TPSA) is 81.2 Å². The van der Waals surface area contributed by atoms with E-state index in [4.69, 9.17) is 12.2 Å². The summed E-state index contributed by atoms with van der Waals surface area (Å²) in [5.74, 6) is -0.251. The van der Waals surface area contributed by atoms with Gasteiger partial charge in [-0.3, -0.25) is 14.8 Å². The van der Waals surface area contributed by atoms with Gasteiger partial charge in [0.2, 0.25) is 5.88 Å². The molecular weight excluding hydrogens is 262 g/mol. The number of rotatable bonds is 1. The largest absolute Gasteiger partial charge is 0.494 e. The van der Waals surface area contributed by atoms with Gasteiger partial charge in [-0.1, -0.05) is 18.2 Å². The van der Waals surface area contributed by atoms with Crippen molar-refractivity contribution in [3.8, 4) is 5.88 Å². The minimum atomic E-state index is -0.438. The van der Waals surface area contributed by atoms with Crippen molar-refractivity contribution < 1.29 is 5.11 Å². The Morgan fingerprint density at radius 3 is 2.84 bits per heavy atom. The van der Waals surface area contributed by atoms with E-state index in [2.05, 4.69) is 15.0 Å². The van der Waals surface area contributed by atoms with E-state index in [1.807, 2.05) is 24.3 Å². The first-order chi connectivity index (χ1) is 9.15. The number of H-pyrrole nitrogens is 2. The van der Waals surface area contributed by atoms with Crippen LogP contribution in [-0.4, -0.2) is 21.3 Å². The molecule has 6 heteroatoms. The van der Waals surface area contributed by atoms with Crippen LogP contribution in [0.25, 0.3) is 11.6 Å². The fourth-order valence-electron chi connectivity index (χ4n) is 1.93. The summed E-state index contributed by atoms with van der Waals surface area (Å²) >= 11 is 4.77. The molecule has 5 nitrogen and oxygen atoms in total. The van der Waals surface area contributed by atoms with Gasteiger partial charge in [-0.05, 0) is 24.4 Å². The van der Waals surface area contributed by atoms with Crippen LogP contribution in [0.2, 0.25) is 0 Å². The number of aromatic nitrogens is 2. The van der Waals surface area contributed by atoms with Gasteiger partial charge in [-0.25, -0.2) is 0 Å². The van der Waals surface area contributed by atoms with Gasteiger partial charge < -0.3 is 10.1 Å². The minimum Gasteiger partial charge on any atom is -0.494 e. The van der Waals surface area contributed by atoms with Crippen molar-refractivity contribution in [1.82, 2.24) is 9.97 Å². The number of fused-ring (bicyclic) bond motifs is 1. The molecule has 1 aromatic carbocycles. The third-order valence-corrected chi connectivity index (χ3v) is 3.02. The molecular formula is C13H9N3O2S. The number of aliphatic imine (C=N–C) groups is 1. The third-order valence-electron chi connectivity index (χ3n) is 2.82. The number of nitrogens with zero attached hydrogens (tertiary/aromatic N) is 1. The Balaban J connectivity index is 2.18. The van der Waals surface area contributed by atoms with E-state index in [9.17, 15) is 9.90 Å². The van der Waals surface area contributed by atoms with Gasteiger partial charge in [0.05, 0.1) is 5.69 Å². The van der Waals surface area contributed by atoms with Crippen LogP contribution >= 0.6 is 12.2 Å². The number of hydrogen-bond acceptors (Lipinski definition) is 4. The van der Waals surface area contributed by atoms with E-state index in [1.165, 1.54) is 0 Å². The second kappa shape index (κ2) is 4.33. The Bertz CT molecular complexity index is 830. The molecule has 2 aromatic rings. The molecule has 94 valence electrons. The van der Waals surface area contributed by atoms with E-state index in [-0.39, 0.29) is 16.2 Å². The van der Waals surface area contributed by atoms with Crippen molar-refractivity contribution in [2.75, 3.05) is 0 Å². The molecule has 1 aromatic heterocycles. The predicted octanol–water partition coefficient (Wildman–Crippen LogP) is 2.39. The first-order valence-electron chi connectivity index (χ1n) is 5.56. The number of aromatic amines is 2. The monoisotopic (exact) mass is 271 g/mol. The van der Waals surface area contributed by atoms with Crippen LogP contribution in [0.5, 0.6) is 5.88 Å². The molecule has 1 aliphatic rings. The Morgan fingerprint density at radius 1 is 1.26 bits per heavy atom. The lowest BCUT2D eigenvalue weighted by Gasteiger charge is -2.01. The average Bonchev–Trinajstić information content (AvgIpc) is 2.77. The number of allylic oxidation sites excluding steroid dienone is 1. The molecule has 1 aliphatic heterocycles. The molecule has 2 heterocycles. The molecule has 0 radical (unpaired) electrons. The Kier molecular flexibility index (Phi) is 2.64. The Labute approximate surface area is 113 Å². The summed E-state index contributed by atoms with van der Waals surface area (Å²) in [6.07, 6.45) is 3.24. The maximum absolute atomic E-state index is 11.8. The second-order valence-electron chi connectivity index (χ2n) is 4.05. The minimum absolute atomic E-state index is 0.0881. The van der Waals surface area contributed by atoms with Gasteiger partial charge >= 0.3 is 0 Å². The second-order valence-corrected chi connectivity index (χ2v) is 4.45. The normalized spacial score (nSPS) is 14.8. The van der Waals surface area contributed by atoms with Crippen LogP contribution in [0.1, 0.15) is 11.1 Å². The number of para-hydroxylation sites is 1. The average molecular weight is 271 g/mol. The standard InChI is InChI=1S/C13H9N3O2S/c17-11-9(12(18)16-13(19)15-11)5-7-6-14-10-4-2-1-3-8(7)10/h1-6H,(H3,15,16,17,18,19). The quantitative estimate of drug-likeness (QED) is 0.696. The van der Waals surface area contributed by atoms with Crippen LogP contribution in [0.15, 0.2) is 34.1 Å². The fourth-order valence-corrected chi connectivity index (χ4v) is 2.12. The number of hydrogen-bond donors (Lipinski definition) is 3. The molecule has 0 atom stereocenters. The SMILES string of the molecule is O=c1[nH]c(=S)[nH]c(O)c1C=C1C=Nc2ccccc21. The summed E-state index contributed by atoms with van der Waals surface area (Å²) in [5, 5.41) is 9.75. The summed E-state index contributed by atoms with van der Waals surface area (Å²) in [5.41, 5.74) is 2.22. The van der Waals surface area contributed by atoms with Crippen LogP contribution < -0.4 is 5.56 Å². The number of aromatic hydroxyl groups is 1. The van der Waals surface area contributed by atoms with E-state index in [0.717, 1.165) is 16.8 Å². The molecule has 0 spiro atoms. The highest BCUT2D eigenvalue weighted by molar-refractivity contribution is 7.71. The molecule has 0 fully saturated rings. The number of benzene rings is 1. The molecule has 3 rings (SSSR count). The van der Waals surface area contributed by atoms with Crippen molar-refractivity contribution in [3.63, 3.8) is 0 Å². The van der Waals surface area contributed by atoms with Gasteiger partial charge in [0.25, 0.3) is 5.56 Å². The summed E-state index contributed by atoms with van der Waals surface area (Å²) in [6, 6.07) is 7.58. The number of nitrogens with one attached hydrogen (secondary N) is 2. The summed E-state index contributed by atoms with van der Waals surface area (Å²) in [4.78, 5) is 20.9. The summed E-state index contributed by atoms with van der Waals surface area (Å²) in [7, 11) is 0. The molecule has 0 bridgehead atoms. The van der Waals surface area contributed by atoms with Crippen molar-refractivity contribution in [3.05, 3.63) is 50.5 Å². The fraction of sp³-hybridized carbons (Fsp3) is 0. The molecule has 3 N–H and O–H groups in total. The van der Waals surface area contributed by atoms with E-state index < -0.39 is 5.56 Å². The summed E-state index contributed by atoms with van der Waals surface area (Å²) in [6.45, 7) is 0. The lowest BCUT2D eigenvalue weighted by Crippen LogP contribution is -2.11. The maximum Gasteiger partial charge on any atom is 0.262 e. The van der Waals surface area contributed by atoms with Crippen molar-refractivity contribution >= 4 is 35.8 Å². The Morgan fingerprint density at radius 2 is 2.05 bits per heavy atom. The lowest BCUT2D eigenvalue weighted by molar-refractivity contribution is 0.448. The first kappa shape index (κ1) is 11.6. The molecule has 0 aliphatic carbocycles. The Hall–Kier alpha value is -2.47. The van der Waals surface area contributed by atoms with Crippen LogP contribution in [0.4, 0.5) is 5.69 Å². The molecule has 19 heavy (non-hydrogen) atoms. The summed E-state index contributed by atoms with van der Waals surface area (Å²) < 4.78 is 0.0881. The van der Waals surface area contributed by atoms with Crippen LogP contribution in [0, 0.1) is 4.77 Å². The zero-order valence-corrected chi connectivity index (χ0v) is 10.5. The zero-order valence-electron chi connectivity index (χ0n) is 9.68. The van der Waals surface area contributed by atoms with Crippen molar-refractivity contribution in [2.24, 2.45) is 4.99 Å². The highest BCUT2D eigenvalue weighted by Crippen LogP contribution is 2.32. The highest BCUT2D eigenvalue weighted by Gasteiger charge is 2.13. The highest BCUT2D eigenvalue weighted by atomic mass is 32.1. The zero-order chi connectivity index (χ0) is 13.4. The maximum atomic E-state index is 11.8. The lowest BCUT2D eigenvalue weighted by atomic mass is 10.1. The van der Waals surface area contributed by atoms with Gasteiger partial charge in [-0.2, -0.15) is 0 Å². The van der Waals surface area contributed by atoms with Gasteiger partial charge in [0.1, 0.15) is 5.56 Å². The van der Waals surface area contributed by atoms with Crippen LogP contribution in [0.3, 0.4) is 0 Å². The third kappa shape index (κ3) is 2.02. The molecule has 0 amide bonds. The molecule has 0 saturated carbocycles. The van der Waals surface area contributed by atoms with Gasteiger partial charge in [-0.15, -0.1) is 0 Å². The predicted molar refractivity (Wildman–Crippen MR) is 76.4 cm³/mol. The van der Waals surface area contributed by atoms with Gasteiger partial charge in [0, 0.05) is 17.4 Å². The van der Waals surface area contributed by atoms with Crippen molar-refractivity contribution in [2.45, 2.75) is 0 Å². The van der Waals surface area contributed by atoms with E-state index in [0.29, 0.717) is 0 Å². The molecule has 0 unspecified atom stereocenters. The van der Waals surface area contributed by atoms with Crippen molar-refractivity contribution in [1.29, 1.82) is 0 Å². The smallest absolute Gasteiger partial charge is 0.262 e. The van der Waals surface area contributed by atoms with Gasteiger partial charge in [0.15, 0.2) is 4.77 Å².